The van der Waals surface area contributed by atoms with Gasteiger partial charge in [-0.05, 0) is 42.8 Å². The van der Waals surface area contributed by atoms with Crippen molar-refractivity contribution in [2.45, 2.75) is 6.92 Å². The molecular weight excluding hydrogens is 311 g/mol. The summed E-state index contributed by atoms with van der Waals surface area (Å²) in [4.78, 5) is 16.4. The number of hydrogen-bond donors (Lipinski definition) is 3. The van der Waals surface area contributed by atoms with E-state index in [1.54, 1.807) is 28.8 Å². The molecule has 0 unspecified atom stereocenters. The SMILES string of the molecule is Cc1ccc(O)c2nc3c(C(N)=O)c(-c4ccc(F)cc4)[nH]n3c12. The quantitative estimate of drug-likeness (QED) is 0.529. The Hall–Kier alpha value is -3.35. The first kappa shape index (κ1) is 14.3. The molecule has 0 spiro atoms. The highest BCUT2D eigenvalue weighted by Crippen LogP contribution is 2.32. The zero-order chi connectivity index (χ0) is 17.0. The number of carbonyl (C=O) groups is 1. The number of aromatic amines is 1. The third-order valence-corrected chi connectivity index (χ3v) is 4.06. The second-order valence-corrected chi connectivity index (χ2v) is 5.60. The van der Waals surface area contributed by atoms with Crippen LogP contribution in [0.4, 0.5) is 4.39 Å². The van der Waals surface area contributed by atoms with Crippen molar-refractivity contribution < 1.29 is 14.3 Å². The van der Waals surface area contributed by atoms with E-state index < -0.39 is 5.91 Å². The Balaban J connectivity index is 2.12. The van der Waals surface area contributed by atoms with Gasteiger partial charge in [-0.15, -0.1) is 0 Å². The number of primary amides is 1. The number of nitrogens with two attached hydrogens (primary N) is 1. The lowest BCUT2D eigenvalue weighted by Gasteiger charge is -2.02. The molecule has 0 aliphatic carbocycles. The molecule has 0 fully saturated rings. The highest BCUT2D eigenvalue weighted by atomic mass is 19.1. The molecule has 0 saturated carbocycles. The summed E-state index contributed by atoms with van der Waals surface area (Å²) in [6.07, 6.45) is 0. The molecule has 0 saturated heterocycles. The lowest BCUT2D eigenvalue weighted by Crippen LogP contribution is -2.12. The Morgan fingerprint density at radius 1 is 1.25 bits per heavy atom. The number of H-pyrrole nitrogens is 1. The molecule has 2 aromatic carbocycles. The largest absolute Gasteiger partial charge is 0.506 e. The number of phenolic OH excluding ortho intramolecular Hbond substituents is 1. The van der Waals surface area contributed by atoms with Crippen LogP contribution in [0.1, 0.15) is 15.9 Å². The zero-order valence-corrected chi connectivity index (χ0v) is 12.7. The van der Waals surface area contributed by atoms with Gasteiger partial charge in [-0.25, -0.2) is 13.9 Å². The number of imidazole rings is 1. The Kier molecular flexibility index (Phi) is 2.86. The summed E-state index contributed by atoms with van der Waals surface area (Å²) in [5.74, 6) is -1.01. The summed E-state index contributed by atoms with van der Waals surface area (Å²) >= 11 is 0. The Bertz CT molecular complexity index is 1110. The van der Waals surface area contributed by atoms with Gasteiger partial charge in [0.05, 0.1) is 11.2 Å². The molecule has 2 aromatic heterocycles. The summed E-state index contributed by atoms with van der Waals surface area (Å²) in [6, 6.07) is 9.03. The van der Waals surface area contributed by atoms with Crippen LogP contribution in [-0.4, -0.2) is 25.6 Å². The fraction of sp³-hybridized carbons (Fsp3) is 0.0588. The molecular formula is C17H13FN4O2. The van der Waals surface area contributed by atoms with Crippen LogP contribution in [-0.2, 0) is 0 Å². The number of amides is 1. The van der Waals surface area contributed by atoms with Crippen molar-refractivity contribution in [3.8, 4) is 17.0 Å². The van der Waals surface area contributed by atoms with Crippen LogP contribution >= 0.6 is 0 Å². The van der Waals surface area contributed by atoms with Gasteiger partial charge >= 0.3 is 0 Å². The first-order chi connectivity index (χ1) is 11.5. The van der Waals surface area contributed by atoms with Gasteiger partial charge in [-0.1, -0.05) is 6.07 Å². The molecule has 7 heteroatoms. The number of aromatic hydroxyl groups is 1. The number of halogens is 1. The molecule has 120 valence electrons. The Morgan fingerprint density at radius 2 is 1.96 bits per heavy atom. The number of benzene rings is 2. The van der Waals surface area contributed by atoms with E-state index in [1.165, 1.54) is 12.1 Å². The summed E-state index contributed by atoms with van der Waals surface area (Å²) in [6.45, 7) is 1.87. The number of nitrogens with one attached hydrogen (secondary N) is 1. The third kappa shape index (κ3) is 1.88. The van der Waals surface area contributed by atoms with E-state index in [1.807, 2.05) is 6.92 Å². The second-order valence-electron chi connectivity index (χ2n) is 5.60. The van der Waals surface area contributed by atoms with Gasteiger partial charge in [-0.3, -0.25) is 9.89 Å². The number of fused-ring (bicyclic) bond motifs is 3. The van der Waals surface area contributed by atoms with E-state index >= 15 is 0 Å². The van der Waals surface area contributed by atoms with E-state index in [0.717, 1.165) is 5.56 Å². The minimum atomic E-state index is -0.659. The fourth-order valence-electron chi connectivity index (χ4n) is 2.94. The Labute approximate surface area is 135 Å². The van der Waals surface area contributed by atoms with Gasteiger partial charge in [0, 0.05) is 5.56 Å². The molecule has 0 aliphatic rings. The van der Waals surface area contributed by atoms with Crippen LogP contribution in [0.25, 0.3) is 27.9 Å². The van der Waals surface area contributed by atoms with Crippen LogP contribution in [0.2, 0.25) is 0 Å². The highest BCUT2D eigenvalue weighted by Gasteiger charge is 2.23. The number of phenols is 1. The molecule has 6 nitrogen and oxygen atoms in total. The third-order valence-electron chi connectivity index (χ3n) is 4.06. The fourth-order valence-corrected chi connectivity index (χ4v) is 2.94. The van der Waals surface area contributed by atoms with E-state index in [4.69, 9.17) is 5.73 Å². The Morgan fingerprint density at radius 3 is 2.62 bits per heavy atom. The smallest absolute Gasteiger partial charge is 0.254 e. The van der Waals surface area contributed by atoms with Crippen LogP contribution in [0.15, 0.2) is 36.4 Å². The molecule has 4 N–H and O–H groups in total. The molecule has 4 aromatic rings. The number of hydrogen-bond acceptors (Lipinski definition) is 3. The predicted molar refractivity (Wildman–Crippen MR) is 87.4 cm³/mol. The van der Waals surface area contributed by atoms with Crippen LogP contribution in [0.5, 0.6) is 5.75 Å². The molecule has 2 heterocycles. The standard InChI is InChI=1S/C17H13FN4O2/c1-8-2-7-11(23)14-15(8)22-17(20-14)12(16(19)24)13(21-22)9-3-5-10(18)6-4-9/h2-7,21,23H,1H3,(H2,19,24). The van der Waals surface area contributed by atoms with Gasteiger partial charge in [0.15, 0.2) is 5.65 Å². The molecule has 0 aliphatic heterocycles. The van der Waals surface area contributed by atoms with Gasteiger partial charge in [0.25, 0.3) is 5.91 Å². The predicted octanol–water partition coefficient (Wildman–Crippen LogP) is 2.73. The maximum absolute atomic E-state index is 13.2. The normalized spacial score (nSPS) is 11.4. The van der Waals surface area contributed by atoms with Crippen molar-refractivity contribution in [1.29, 1.82) is 0 Å². The zero-order valence-electron chi connectivity index (χ0n) is 12.7. The first-order valence-electron chi connectivity index (χ1n) is 7.26. The minimum Gasteiger partial charge on any atom is -0.506 e. The molecule has 0 atom stereocenters. The number of aryl methyl sites for hydroxylation is 1. The monoisotopic (exact) mass is 324 g/mol. The average Bonchev–Trinajstić information content (AvgIpc) is 3.08. The van der Waals surface area contributed by atoms with Crippen molar-refractivity contribution in [3.05, 3.63) is 53.3 Å². The number of aromatic nitrogens is 3. The van der Waals surface area contributed by atoms with Crippen LogP contribution in [0.3, 0.4) is 0 Å². The summed E-state index contributed by atoms with van der Waals surface area (Å²) in [7, 11) is 0. The second kappa shape index (κ2) is 4.82. The van der Waals surface area contributed by atoms with Crippen molar-refractivity contribution in [2.75, 3.05) is 0 Å². The van der Waals surface area contributed by atoms with Gasteiger partial charge in [0.2, 0.25) is 0 Å². The van der Waals surface area contributed by atoms with Crippen molar-refractivity contribution >= 4 is 22.6 Å². The van der Waals surface area contributed by atoms with E-state index in [2.05, 4.69) is 10.1 Å². The topological polar surface area (TPSA) is 96.4 Å². The summed E-state index contributed by atoms with van der Waals surface area (Å²) in [5.41, 5.74) is 9.03. The van der Waals surface area contributed by atoms with Crippen LogP contribution < -0.4 is 5.73 Å². The minimum absolute atomic E-state index is 0.0199. The average molecular weight is 324 g/mol. The van der Waals surface area contributed by atoms with E-state index in [9.17, 15) is 14.3 Å². The van der Waals surface area contributed by atoms with E-state index in [-0.39, 0.29) is 17.1 Å². The summed E-state index contributed by atoms with van der Waals surface area (Å²) in [5, 5.41) is 13.1. The van der Waals surface area contributed by atoms with Gasteiger partial charge in [0.1, 0.15) is 22.6 Å². The maximum Gasteiger partial charge on any atom is 0.254 e. The van der Waals surface area contributed by atoms with E-state index in [0.29, 0.717) is 27.9 Å². The molecule has 4 rings (SSSR count). The lowest BCUT2D eigenvalue weighted by atomic mass is 10.1. The van der Waals surface area contributed by atoms with Crippen molar-refractivity contribution in [1.82, 2.24) is 14.6 Å². The maximum atomic E-state index is 13.2. The summed E-state index contributed by atoms with van der Waals surface area (Å²) < 4.78 is 14.8. The molecule has 0 bridgehead atoms. The first-order valence-corrected chi connectivity index (χ1v) is 7.26. The van der Waals surface area contributed by atoms with Gasteiger partial charge in [-0.2, -0.15) is 0 Å². The lowest BCUT2D eigenvalue weighted by molar-refractivity contribution is 0.100. The number of rotatable bonds is 2. The van der Waals surface area contributed by atoms with Crippen LogP contribution in [0, 0.1) is 12.7 Å². The van der Waals surface area contributed by atoms with Crippen molar-refractivity contribution in [3.63, 3.8) is 0 Å². The van der Waals surface area contributed by atoms with Crippen molar-refractivity contribution in [2.24, 2.45) is 5.73 Å². The number of carbonyl (C=O) groups excluding carboxylic acids is 1. The van der Waals surface area contributed by atoms with Gasteiger partial charge < -0.3 is 10.8 Å². The molecule has 0 radical (unpaired) electrons. The number of nitrogens with zero attached hydrogens (tertiary/aromatic N) is 2. The highest BCUT2D eigenvalue weighted by molar-refractivity contribution is 6.06. The molecule has 1 amide bonds. The molecule has 24 heavy (non-hydrogen) atoms.